The molecule has 0 aliphatic rings. The van der Waals surface area contributed by atoms with Crippen LogP contribution in [0.15, 0.2) is 24.5 Å². The molecule has 1 amide bonds. The van der Waals surface area contributed by atoms with Crippen LogP contribution in [0.4, 0.5) is 0 Å². The Labute approximate surface area is 128 Å². The number of aryl methyl sites for hydroxylation is 1. The van der Waals surface area contributed by atoms with Gasteiger partial charge in [0.25, 0.3) is 5.91 Å². The maximum atomic E-state index is 12.3. The first-order valence-corrected chi connectivity index (χ1v) is 7.00. The predicted octanol–water partition coefficient (Wildman–Crippen LogP) is 1.43. The number of amides is 1. The van der Waals surface area contributed by atoms with E-state index in [1.807, 2.05) is 11.5 Å². The molecule has 1 aromatic carbocycles. The molecule has 0 unspecified atom stereocenters. The number of nitrogens with zero attached hydrogens (tertiary/aromatic N) is 3. The highest BCUT2D eigenvalue weighted by Gasteiger charge is 2.19. The minimum Gasteiger partial charge on any atom is -0.507 e. The van der Waals surface area contributed by atoms with Crippen LogP contribution in [-0.4, -0.2) is 39.5 Å². The van der Waals surface area contributed by atoms with Crippen molar-refractivity contribution < 1.29 is 14.6 Å². The zero-order valence-electron chi connectivity index (χ0n) is 12.9. The molecule has 0 radical (unpaired) electrons. The molecule has 22 heavy (non-hydrogen) atoms. The van der Waals surface area contributed by atoms with Gasteiger partial charge in [0.05, 0.1) is 18.2 Å². The van der Waals surface area contributed by atoms with E-state index in [2.05, 4.69) is 15.5 Å². The molecule has 2 aromatic rings. The Balaban J connectivity index is 2.11. The van der Waals surface area contributed by atoms with Crippen LogP contribution in [0.1, 0.15) is 34.7 Å². The average molecular weight is 304 g/mol. The Morgan fingerprint density at radius 2 is 2.27 bits per heavy atom. The van der Waals surface area contributed by atoms with E-state index in [0.717, 1.165) is 0 Å². The van der Waals surface area contributed by atoms with Crippen molar-refractivity contribution in [2.24, 2.45) is 0 Å². The number of para-hydroxylation sites is 1. The summed E-state index contributed by atoms with van der Waals surface area (Å²) in [5.41, 5.74) is 0.901. The highest BCUT2D eigenvalue weighted by atomic mass is 16.5. The van der Waals surface area contributed by atoms with E-state index in [4.69, 9.17) is 4.74 Å². The van der Waals surface area contributed by atoms with Crippen molar-refractivity contribution in [1.82, 2.24) is 20.1 Å². The first-order chi connectivity index (χ1) is 10.5. The lowest BCUT2D eigenvalue weighted by Gasteiger charge is -2.15. The third-order valence-corrected chi connectivity index (χ3v) is 3.40. The van der Waals surface area contributed by atoms with Crippen LogP contribution < -0.4 is 5.32 Å². The molecule has 1 heterocycles. The van der Waals surface area contributed by atoms with Crippen molar-refractivity contribution in [1.29, 1.82) is 0 Å². The zero-order chi connectivity index (χ0) is 16.1. The van der Waals surface area contributed by atoms with Crippen molar-refractivity contribution >= 4 is 5.91 Å². The van der Waals surface area contributed by atoms with Crippen molar-refractivity contribution in [3.05, 3.63) is 41.5 Å². The summed E-state index contributed by atoms with van der Waals surface area (Å²) in [6.45, 7) is 4.70. The van der Waals surface area contributed by atoms with Crippen molar-refractivity contribution in [3.8, 4) is 5.75 Å². The van der Waals surface area contributed by atoms with Gasteiger partial charge in [0.1, 0.15) is 12.1 Å². The molecule has 0 spiro atoms. The highest BCUT2D eigenvalue weighted by molar-refractivity contribution is 5.97. The number of rotatable bonds is 6. The highest BCUT2D eigenvalue weighted by Crippen LogP contribution is 2.22. The summed E-state index contributed by atoms with van der Waals surface area (Å²) >= 11 is 0. The smallest absolute Gasteiger partial charge is 0.255 e. The first-order valence-electron chi connectivity index (χ1n) is 7.00. The molecule has 0 fully saturated rings. The molecular weight excluding hydrogens is 284 g/mol. The summed E-state index contributed by atoms with van der Waals surface area (Å²) in [6.07, 6.45) is 1.60. The van der Waals surface area contributed by atoms with E-state index in [-0.39, 0.29) is 23.3 Å². The summed E-state index contributed by atoms with van der Waals surface area (Å²) in [5, 5.41) is 20.7. The lowest BCUT2D eigenvalue weighted by atomic mass is 10.1. The number of aromatic hydroxyl groups is 1. The lowest BCUT2D eigenvalue weighted by molar-refractivity contribution is 0.0934. The molecule has 0 aliphatic heterocycles. The minimum atomic E-state index is -0.352. The van der Waals surface area contributed by atoms with E-state index in [0.29, 0.717) is 24.5 Å². The number of methoxy groups -OCH3 is 1. The van der Waals surface area contributed by atoms with Gasteiger partial charge < -0.3 is 19.7 Å². The van der Waals surface area contributed by atoms with E-state index >= 15 is 0 Å². The summed E-state index contributed by atoms with van der Waals surface area (Å²) in [7, 11) is 1.62. The van der Waals surface area contributed by atoms with Gasteiger partial charge in [-0.2, -0.15) is 0 Å². The fourth-order valence-corrected chi connectivity index (χ4v) is 2.14. The largest absolute Gasteiger partial charge is 0.507 e. The number of carbonyl (C=O) groups excluding carboxylic acids is 1. The number of phenolic OH excluding ortho intramolecular Hbond substituents is 1. The molecule has 7 heteroatoms. The summed E-state index contributed by atoms with van der Waals surface area (Å²) in [6, 6.07) is 4.72. The molecule has 0 aliphatic carbocycles. The molecule has 1 atom stereocenters. The van der Waals surface area contributed by atoms with Gasteiger partial charge in [0.15, 0.2) is 5.82 Å². The van der Waals surface area contributed by atoms with Crippen molar-refractivity contribution in [3.63, 3.8) is 0 Å². The van der Waals surface area contributed by atoms with E-state index < -0.39 is 0 Å². The number of carbonyl (C=O) groups is 1. The fourth-order valence-electron chi connectivity index (χ4n) is 2.14. The van der Waals surface area contributed by atoms with Crippen LogP contribution in [-0.2, 0) is 11.3 Å². The molecule has 0 saturated carbocycles. The standard InChI is InChI=1S/C15H20N4O3/c1-10-5-4-6-12(13(10)20)15(21)17-11(2)14-18-16-9-19(14)7-8-22-3/h4-6,9,11,20H,7-8H2,1-3H3,(H,17,21)/t11-/m1/s1. The third-order valence-electron chi connectivity index (χ3n) is 3.40. The Morgan fingerprint density at radius 1 is 1.50 bits per heavy atom. The molecule has 2 N–H and O–H groups in total. The van der Waals surface area contributed by atoms with Gasteiger partial charge in [-0.15, -0.1) is 10.2 Å². The first kappa shape index (κ1) is 16.0. The van der Waals surface area contributed by atoms with Gasteiger partial charge in [0.2, 0.25) is 0 Å². The van der Waals surface area contributed by atoms with E-state index in [1.54, 1.807) is 38.6 Å². The minimum absolute atomic E-state index is 0.00644. The molecule has 0 bridgehead atoms. The second-order valence-corrected chi connectivity index (χ2v) is 5.04. The Kier molecular flexibility index (Phi) is 5.11. The average Bonchev–Trinajstić information content (AvgIpc) is 2.96. The van der Waals surface area contributed by atoms with Crippen LogP contribution in [0.2, 0.25) is 0 Å². The molecule has 2 rings (SSSR count). The zero-order valence-corrected chi connectivity index (χ0v) is 12.9. The maximum Gasteiger partial charge on any atom is 0.255 e. The second kappa shape index (κ2) is 7.04. The Bertz CT molecular complexity index is 654. The number of hydrogen-bond acceptors (Lipinski definition) is 5. The molecule has 1 aromatic heterocycles. The van der Waals surface area contributed by atoms with E-state index in [1.165, 1.54) is 0 Å². The normalized spacial score (nSPS) is 12.1. The second-order valence-electron chi connectivity index (χ2n) is 5.04. The SMILES string of the molecule is COCCn1cnnc1[C@@H](C)NC(=O)c1cccc(C)c1O. The van der Waals surface area contributed by atoms with Crippen LogP contribution >= 0.6 is 0 Å². The maximum absolute atomic E-state index is 12.3. The predicted molar refractivity (Wildman–Crippen MR) is 80.6 cm³/mol. The lowest BCUT2D eigenvalue weighted by Crippen LogP contribution is -2.29. The van der Waals surface area contributed by atoms with Crippen LogP contribution in [0.3, 0.4) is 0 Å². The van der Waals surface area contributed by atoms with Gasteiger partial charge in [0, 0.05) is 13.7 Å². The number of aromatic nitrogens is 3. The van der Waals surface area contributed by atoms with Gasteiger partial charge in [-0.25, -0.2) is 0 Å². The molecular formula is C15H20N4O3. The Morgan fingerprint density at radius 3 is 3.00 bits per heavy atom. The topological polar surface area (TPSA) is 89.3 Å². The van der Waals surface area contributed by atoms with Gasteiger partial charge in [-0.3, -0.25) is 4.79 Å². The number of benzene rings is 1. The number of hydrogen-bond donors (Lipinski definition) is 2. The van der Waals surface area contributed by atoms with Crippen molar-refractivity contribution in [2.45, 2.75) is 26.4 Å². The molecule has 118 valence electrons. The molecule has 7 nitrogen and oxygen atoms in total. The monoisotopic (exact) mass is 304 g/mol. The van der Waals surface area contributed by atoms with Gasteiger partial charge in [-0.1, -0.05) is 12.1 Å². The Hall–Kier alpha value is -2.41. The number of ether oxygens (including phenoxy) is 1. The van der Waals surface area contributed by atoms with Crippen LogP contribution in [0, 0.1) is 6.92 Å². The van der Waals surface area contributed by atoms with Crippen LogP contribution in [0.5, 0.6) is 5.75 Å². The quantitative estimate of drug-likeness (QED) is 0.842. The van der Waals surface area contributed by atoms with E-state index in [9.17, 15) is 9.90 Å². The molecule has 0 saturated heterocycles. The van der Waals surface area contributed by atoms with Crippen molar-refractivity contribution in [2.75, 3.05) is 13.7 Å². The van der Waals surface area contributed by atoms with Gasteiger partial charge in [-0.05, 0) is 25.5 Å². The summed E-state index contributed by atoms with van der Waals surface area (Å²) in [4.78, 5) is 12.3. The number of nitrogens with one attached hydrogen (secondary N) is 1. The van der Waals surface area contributed by atoms with Crippen LogP contribution in [0.25, 0.3) is 0 Å². The summed E-state index contributed by atoms with van der Waals surface area (Å²) in [5.74, 6) is 0.278. The number of phenols is 1. The third kappa shape index (κ3) is 3.43. The fraction of sp³-hybridized carbons (Fsp3) is 0.400. The summed E-state index contributed by atoms with van der Waals surface area (Å²) < 4.78 is 6.86. The van der Waals surface area contributed by atoms with Gasteiger partial charge >= 0.3 is 0 Å².